The van der Waals surface area contributed by atoms with Gasteiger partial charge in [-0.2, -0.15) is 0 Å². The highest BCUT2D eigenvalue weighted by Crippen LogP contribution is 2.28. The summed E-state index contributed by atoms with van der Waals surface area (Å²) in [6.07, 6.45) is 0.220. The molecular formula is C10H11Br2NO2. The van der Waals surface area contributed by atoms with Crippen LogP contribution in [-0.4, -0.2) is 12.6 Å². The van der Waals surface area contributed by atoms with Crippen LogP contribution in [0.25, 0.3) is 0 Å². The Bertz CT molecular complexity index is 380. The SMILES string of the molecule is CCOC(=O)Cc1cc(Br)cc(N)c1Br. The van der Waals surface area contributed by atoms with Gasteiger partial charge in [-0.3, -0.25) is 4.79 Å². The summed E-state index contributed by atoms with van der Waals surface area (Å²) in [5.41, 5.74) is 7.16. The first-order valence-electron chi connectivity index (χ1n) is 4.43. The Kier molecular flexibility index (Phi) is 4.60. The van der Waals surface area contributed by atoms with Crippen molar-refractivity contribution in [3.8, 4) is 0 Å². The average Bonchev–Trinajstić information content (AvgIpc) is 2.13. The number of nitrogen functional groups attached to an aromatic ring is 1. The van der Waals surface area contributed by atoms with Crippen molar-refractivity contribution in [3.63, 3.8) is 0 Å². The molecule has 0 aliphatic heterocycles. The van der Waals surface area contributed by atoms with Gasteiger partial charge in [0.2, 0.25) is 0 Å². The molecule has 1 aromatic rings. The molecule has 0 atom stereocenters. The summed E-state index contributed by atoms with van der Waals surface area (Å²) in [7, 11) is 0. The molecule has 0 saturated carbocycles. The van der Waals surface area contributed by atoms with Gasteiger partial charge in [-0.05, 0) is 40.5 Å². The monoisotopic (exact) mass is 335 g/mol. The van der Waals surface area contributed by atoms with E-state index in [1.165, 1.54) is 0 Å². The Balaban J connectivity index is 2.89. The van der Waals surface area contributed by atoms with Crippen LogP contribution < -0.4 is 5.73 Å². The lowest BCUT2D eigenvalue weighted by Gasteiger charge is -2.07. The van der Waals surface area contributed by atoms with Crippen molar-refractivity contribution < 1.29 is 9.53 Å². The zero-order chi connectivity index (χ0) is 11.4. The molecule has 0 unspecified atom stereocenters. The van der Waals surface area contributed by atoms with Crippen molar-refractivity contribution in [1.29, 1.82) is 0 Å². The van der Waals surface area contributed by atoms with Crippen LogP contribution in [0.2, 0.25) is 0 Å². The Morgan fingerprint density at radius 3 is 2.73 bits per heavy atom. The fourth-order valence-corrected chi connectivity index (χ4v) is 2.06. The van der Waals surface area contributed by atoms with Gasteiger partial charge in [0, 0.05) is 14.6 Å². The van der Waals surface area contributed by atoms with Gasteiger partial charge in [0.05, 0.1) is 13.0 Å². The standard InChI is InChI=1S/C10H11Br2NO2/c1-2-15-9(14)4-6-3-7(11)5-8(13)10(6)12/h3,5H,2,4,13H2,1H3. The Labute approximate surface area is 105 Å². The van der Waals surface area contributed by atoms with Gasteiger partial charge in [-0.25, -0.2) is 0 Å². The molecule has 2 N–H and O–H groups in total. The van der Waals surface area contributed by atoms with Gasteiger partial charge in [-0.1, -0.05) is 15.9 Å². The minimum atomic E-state index is -0.254. The number of ether oxygens (including phenoxy) is 1. The maximum atomic E-state index is 11.3. The van der Waals surface area contributed by atoms with Crippen LogP contribution >= 0.6 is 31.9 Å². The number of carbonyl (C=O) groups is 1. The highest BCUT2D eigenvalue weighted by molar-refractivity contribution is 9.11. The van der Waals surface area contributed by atoms with Gasteiger partial charge < -0.3 is 10.5 Å². The van der Waals surface area contributed by atoms with Crippen LogP contribution in [0.1, 0.15) is 12.5 Å². The average molecular weight is 337 g/mol. The molecule has 0 aromatic heterocycles. The molecule has 1 aromatic carbocycles. The second-order valence-corrected chi connectivity index (χ2v) is 4.66. The maximum absolute atomic E-state index is 11.3. The van der Waals surface area contributed by atoms with E-state index in [0.717, 1.165) is 14.5 Å². The number of rotatable bonds is 3. The van der Waals surface area contributed by atoms with Crippen molar-refractivity contribution in [2.24, 2.45) is 0 Å². The molecule has 0 fully saturated rings. The molecule has 1 rings (SSSR count). The maximum Gasteiger partial charge on any atom is 0.310 e. The summed E-state index contributed by atoms with van der Waals surface area (Å²) < 4.78 is 6.46. The first-order valence-corrected chi connectivity index (χ1v) is 6.02. The molecule has 5 heteroatoms. The lowest BCUT2D eigenvalue weighted by atomic mass is 10.1. The highest BCUT2D eigenvalue weighted by atomic mass is 79.9. The summed E-state index contributed by atoms with van der Waals surface area (Å²) >= 11 is 6.66. The second-order valence-electron chi connectivity index (χ2n) is 2.95. The lowest BCUT2D eigenvalue weighted by Crippen LogP contribution is -2.08. The van der Waals surface area contributed by atoms with E-state index in [0.29, 0.717) is 12.3 Å². The number of carbonyl (C=O) groups excluding carboxylic acids is 1. The predicted molar refractivity (Wildman–Crippen MR) is 66.6 cm³/mol. The van der Waals surface area contributed by atoms with E-state index in [4.69, 9.17) is 10.5 Å². The van der Waals surface area contributed by atoms with Crippen LogP contribution in [0.4, 0.5) is 5.69 Å². The van der Waals surface area contributed by atoms with Gasteiger partial charge in [0.15, 0.2) is 0 Å². The topological polar surface area (TPSA) is 52.3 Å². The van der Waals surface area contributed by atoms with Gasteiger partial charge in [-0.15, -0.1) is 0 Å². The number of hydrogen-bond acceptors (Lipinski definition) is 3. The van der Waals surface area contributed by atoms with Crippen LogP contribution in [0.15, 0.2) is 21.1 Å². The summed E-state index contributed by atoms with van der Waals surface area (Å²) in [6, 6.07) is 3.62. The Morgan fingerprint density at radius 2 is 2.13 bits per heavy atom. The molecule has 3 nitrogen and oxygen atoms in total. The van der Waals surface area contributed by atoms with Crippen LogP contribution in [0.3, 0.4) is 0 Å². The largest absolute Gasteiger partial charge is 0.466 e. The smallest absolute Gasteiger partial charge is 0.310 e. The second kappa shape index (κ2) is 5.51. The van der Waals surface area contributed by atoms with E-state index < -0.39 is 0 Å². The first kappa shape index (κ1) is 12.5. The number of halogens is 2. The predicted octanol–water partition coefficient (Wildman–Crippen LogP) is 2.90. The minimum Gasteiger partial charge on any atom is -0.466 e. The summed E-state index contributed by atoms with van der Waals surface area (Å²) in [5, 5.41) is 0. The lowest BCUT2D eigenvalue weighted by molar-refractivity contribution is -0.142. The highest BCUT2D eigenvalue weighted by Gasteiger charge is 2.10. The number of esters is 1. The summed E-state index contributed by atoms with van der Waals surface area (Å²) in [4.78, 5) is 11.3. The summed E-state index contributed by atoms with van der Waals surface area (Å²) in [5.74, 6) is -0.254. The Hall–Kier alpha value is -0.550. The number of anilines is 1. The Morgan fingerprint density at radius 1 is 1.47 bits per heavy atom. The number of benzene rings is 1. The van der Waals surface area contributed by atoms with E-state index in [-0.39, 0.29) is 12.4 Å². The van der Waals surface area contributed by atoms with Crippen molar-refractivity contribution in [1.82, 2.24) is 0 Å². The van der Waals surface area contributed by atoms with Crippen LogP contribution in [0, 0.1) is 0 Å². The van der Waals surface area contributed by atoms with E-state index >= 15 is 0 Å². The van der Waals surface area contributed by atoms with Crippen LogP contribution in [0.5, 0.6) is 0 Å². The normalized spacial score (nSPS) is 10.1. The minimum absolute atomic E-state index is 0.220. The molecule has 0 aliphatic rings. The molecule has 0 aliphatic carbocycles. The van der Waals surface area contributed by atoms with Crippen LogP contribution in [-0.2, 0) is 16.0 Å². The van der Waals surface area contributed by atoms with E-state index in [2.05, 4.69) is 31.9 Å². The van der Waals surface area contributed by atoms with E-state index in [9.17, 15) is 4.79 Å². The van der Waals surface area contributed by atoms with Gasteiger partial charge in [0.25, 0.3) is 0 Å². The van der Waals surface area contributed by atoms with E-state index in [1.807, 2.05) is 6.07 Å². The number of hydrogen-bond donors (Lipinski definition) is 1. The molecule has 0 saturated heterocycles. The van der Waals surface area contributed by atoms with Crippen molar-refractivity contribution >= 4 is 43.5 Å². The molecule has 0 bridgehead atoms. The molecule has 0 spiro atoms. The third-order valence-corrected chi connectivity index (χ3v) is 3.21. The quantitative estimate of drug-likeness (QED) is 0.682. The molecule has 0 heterocycles. The molecule has 15 heavy (non-hydrogen) atoms. The van der Waals surface area contributed by atoms with Crippen molar-refractivity contribution in [2.45, 2.75) is 13.3 Å². The zero-order valence-corrected chi connectivity index (χ0v) is 11.4. The fraction of sp³-hybridized carbons (Fsp3) is 0.300. The fourth-order valence-electron chi connectivity index (χ4n) is 1.16. The van der Waals surface area contributed by atoms with E-state index in [1.54, 1.807) is 13.0 Å². The molecule has 82 valence electrons. The third-order valence-electron chi connectivity index (χ3n) is 1.78. The van der Waals surface area contributed by atoms with Gasteiger partial charge in [0.1, 0.15) is 0 Å². The molecule has 0 radical (unpaired) electrons. The first-order chi connectivity index (χ1) is 7.04. The number of nitrogens with two attached hydrogens (primary N) is 1. The van der Waals surface area contributed by atoms with Crippen molar-refractivity contribution in [2.75, 3.05) is 12.3 Å². The molecule has 0 amide bonds. The third kappa shape index (κ3) is 3.50. The molecular weight excluding hydrogens is 326 g/mol. The van der Waals surface area contributed by atoms with Crippen molar-refractivity contribution in [3.05, 3.63) is 26.6 Å². The zero-order valence-electron chi connectivity index (χ0n) is 8.22. The summed E-state index contributed by atoms with van der Waals surface area (Å²) in [6.45, 7) is 2.17. The van der Waals surface area contributed by atoms with Gasteiger partial charge >= 0.3 is 5.97 Å².